The average Bonchev–Trinajstić information content (AvgIpc) is 3.68. The van der Waals surface area contributed by atoms with Crippen LogP contribution in [-0.4, -0.2) is 9.13 Å². The van der Waals surface area contributed by atoms with Crippen molar-refractivity contribution in [2.75, 3.05) is 0 Å². The Labute approximate surface area is 278 Å². The van der Waals surface area contributed by atoms with Crippen molar-refractivity contribution in [2.45, 2.75) is 0 Å². The molecule has 0 unspecified atom stereocenters. The van der Waals surface area contributed by atoms with Crippen molar-refractivity contribution < 1.29 is 0 Å². The minimum atomic E-state index is 1.15. The van der Waals surface area contributed by atoms with Crippen molar-refractivity contribution in [1.82, 2.24) is 9.13 Å². The first-order valence-electron chi connectivity index (χ1n) is 16.5. The molecule has 0 aliphatic rings. The average molecular weight is 611 g/mol. The molecule has 0 bridgehead atoms. The number of rotatable bonds is 4. The fraction of sp³-hybridized carbons (Fsp3) is 0. The Balaban J connectivity index is 1.24. The lowest BCUT2D eigenvalue weighted by atomic mass is 9.99. The predicted molar refractivity (Wildman–Crippen MR) is 203 cm³/mol. The van der Waals surface area contributed by atoms with Crippen LogP contribution in [0.15, 0.2) is 182 Å². The van der Waals surface area contributed by atoms with Gasteiger partial charge in [-0.25, -0.2) is 0 Å². The lowest BCUT2D eigenvalue weighted by molar-refractivity contribution is 1.17. The number of fused-ring (bicyclic) bond motifs is 7. The fourth-order valence-corrected chi connectivity index (χ4v) is 7.76. The molecule has 8 aromatic carbocycles. The third-order valence-electron chi connectivity index (χ3n) is 9.90. The summed E-state index contributed by atoms with van der Waals surface area (Å²) in [5.74, 6) is 0. The molecule has 0 aliphatic carbocycles. The third-order valence-corrected chi connectivity index (χ3v) is 9.90. The van der Waals surface area contributed by atoms with E-state index in [1.165, 1.54) is 76.6 Å². The molecule has 0 aliphatic heterocycles. The smallest absolute Gasteiger partial charge is 0.0620 e. The molecule has 0 fully saturated rings. The van der Waals surface area contributed by atoms with Crippen LogP contribution in [0, 0.1) is 0 Å². The molecule has 0 radical (unpaired) electrons. The molecule has 224 valence electrons. The second kappa shape index (κ2) is 10.6. The van der Waals surface area contributed by atoms with Crippen molar-refractivity contribution in [1.29, 1.82) is 0 Å². The van der Waals surface area contributed by atoms with E-state index in [-0.39, 0.29) is 0 Å². The predicted octanol–water partition coefficient (Wildman–Crippen LogP) is 12.4. The molecule has 2 heterocycles. The molecule has 2 nitrogen and oxygen atoms in total. The van der Waals surface area contributed by atoms with Gasteiger partial charge in [-0.3, -0.25) is 0 Å². The van der Waals surface area contributed by atoms with E-state index in [9.17, 15) is 0 Å². The Morgan fingerprint density at radius 3 is 1.40 bits per heavy atom. The quantitative estimate of drug-likeness (QED) is 0.188. The topological polar surface area (TPSA) is 9.86 Å². The van der Waals surface area contributed by atoms with Crippen molar-refractivity contribution >= 4 is 54.4 Å². The minimum absolute atomic E-state index is 1.15. The second-order valence-corrected chi connectivity index (χ2v) is 12.6. The van der Waals surface area contributed by atoms with E-state index in [1.54, 1.807) is 0 Å². The van der Waals surface area contributed by atoms with E-state index in [0.717, 1.165) is 11.4 Å². The standard InChI is InChI=1S/C46H30N2/c1-2-14-35(15-3-1)47-43-22-8-6-16-37(43)39-18-10-20-41(45(39)47)42-21-11-19-40-38-17-7-9-23-44(38)48(46(40)42)36-28-26-32(27-29-36)34-25-24-31-12-4-5-13-33(31)30-34/h1-30H. The lowest BCUT2D eigenvalue weighted by Crippen LogP contribution is -1.98. The van der Waals surface area contributed by atoms with Gasteiger partial charge in [-0.15, -0.1) is 0 Å². The van der Waals surface area contributed by atoms with Crippen molar-refractivity contribution in [3.8, 4) is 33.6 Å². The summed E-state index contributed by atoms with van der Waals surface area (Å²) in [6.45, 7) is 0. The maximum absolute atomic E-state index is 2.46. The minimum Gasteiger partial charge on any atom is -0.309 e. The van der Waals surface area contributed by atoms with Crippen LogP contribution < -0.4 is 0 Å². The normalized spacial score (nSPS) is 11.8. The number of nitrogens with zero attached hydrogens (tertiary/aromatic N) is 2. The van der Waals surface area contributed by atoms with E-state index in [4.69, 9.17) is 0 Å². The molecule has 0 N–H and O–H groups in total. The van der Waals surface area contributed by atoms with Crippen molar-refractivity contribution in [3.63, 3.8) is 0 Å². The van der Waals surface area contributed by atoms with Crippen LogP contribution in [0.4, 0.5) is 0 Å². The van der Waals surface area contributed by atoms with Crippen LogP contribution in [0.1, 0.15) is 0 Å². The number of benzene rings is 8. The van der Waals surface area contributed by atoms with Crippen LogP contribution in [0.5, 0.6) is 0 Å². The molecule has 0 amide bonds. The highest BCUT2D eigenvalue weighted by Gasteiger charge is 2.21. The zero-order valence-corrected chi connectivity index (χ0v) is 26.2. The molecule has 48 heavy (non-hydrogen) atoms. The maximum Gasteiger partial charge on any atom is 0.0620 e. The first-order valence-corrected chi connectivity index (χ1v) is 16.5. The Morgan fingerprint density at radius 1 is 0.292 bits per heavy atom. The molecule has 10 rings (SSSR count). The summed E-state index contributed by atoms with van der Waals surface area (Å²) in [5.41, 5.74) is 12.0. The van der Waals surface area contributed by atoms with Gasteiger partial charge < -0.3 is 9.13 Å². The SMILES string of the molecule is c1ccc(-n2c3ccccc3c3cccc(-c4cccc5c6ccccc6n(-c6ccc(-c7ccc8ccccc8c7)cc6)c45)c32)cc1. The van der Waals surface area contributed by atoms with Crippen LogP contribution in [0.25, 0.3) is 88.0 Å². The van der Waals surface area contributed by atoms with Crippen LogP contribution in [0.2, 0.25) is 0 Å². The highest BCUT2D eigenvalue weighted by atomic mass is 15.0. The largest absolute Gasteiger partial charge is 0.309 e. The lowest BCUT2D eigenvalue weighted by Gasteiger charge is -2.15. The fourth-order valence-electron chi connectivity index (χ4n) is 7.76. The van der Waals surface area contributed by atoms with Crippen LogP contribution >= 0.6 is 0 Å². The van der Waals surface area contributed by atoms with E-state index in [0.29, 0.717) is 0 Å². The molecule has 0 saturated heterocycles. The van der Waals surface area contributed by atoms with Gasteiger partial charge in [0.15, 0.2) is 0 Å². The van der Waals surface area contributed by atoms with E-state index in [2.05, 4.69) is 191 Å². The zero-order valence-electron chi connectivity index (χ0n) is 26.2. The third kappa shape index (κ3) is 4.00. The molecule has 2 heteroatoms. The van der Waals surface area contributed by atoms with Gasteiger partial charge in [0.05, 0.1) is 22.1 Å². The first kappa shape index (κ1) is 26.8. The summed E-state index contributed by atoms with van der Waals surface area (Å²) in [4.78, 5) is 0. The van der Waals surface area contributed by atoms with Gasteiger partial charge in [0.2, 0.25) is 0 Å². The molecule has 0 atom stereocenters. The Hall–Kier alpha value is -6.38. The Kier molecular flexibility index (Phi) is 5.91. The highest BCUT2D eigenvalue weighted by Crippen LogP contribution is 2.43. The van der Waals surface area contributed by atoms with Crippen LogP contribution in [0.3, 0.4) is 0 Å². The molecule has 2 aromatic heterocycles. The Bertz CT molecular complexity index is 2820. The molecule has 10 aromatic rings. The van der Waals surface area contributed by atoms with Gasteiger partial charge in [-0.2, -0.15) is 0 Å². The number of aromatic nitrogens is 2. The summed E-state index contributed by atoms with van der Waals surface area (Å²) in [6, 6.07) is 66.2. The van der Waals surface area contributed by atoms with Gasteiger partial charge in [0.1, 0.15) is 0 Å². The summed E-state index contributed by atoms with van der Waals surface area (Å²) in [5, 5.41) is 7.54. The van der Waals surface area contributed by atoms with Crippen molar-refractivity contribution in [3.05, 3.63) is 182 Å². The van der Waals surface area contributed by atoms with Gasteiger partial charge in [0.25, 0.3) is 0 Å². The van der Waals surface area contributed by atoms with Gasteiger partial charge in [-0.05, 0) is 64.4 Å². The zero-order chi connectivity index (χ0) is 31.6. The summed E-state index contributed by atoms with van der Waals surface area (Å²) >= 11 is 0. The molecule has 0 spiro atoms. The molecular weight excluding hydrogens is 581 g/mol. The number of para-hydroxylation sites is 5. The van der Waals surface area contributed by atoms with E-state index in [1.807, 2.05) is 0 Å². The van der Waals surface area contributed by atoms with E-state index < -0.39 is 0 Å². The molecular formula is C46H30N2. The van der Waals surface area contributed by atoms with Crippen molar-refractivity contribution in [2.24, 2.45) is 0 Å². The van der Waals surface area contributed by atoms with Crippen LogP contribution in [-0.2, 0) is 0 Å². The Morgan fingerprint density at radius 2 is 0.771 bits per heavy atom. The number of hydrogen-bond acceptors (Lipinski definition) is 0. The van der Waals surface area contributed by atoms with Gasteiger partial charge >= 0.3 is 0 Å². The number of hydrogen-bond donors (Lipinski definition) is 0. The summed E-state index contributed by atoms with van der Waals surface area (Å²) in [6.07, 6.45) is 0. The summed E-state index contributed by atoms with van der Waals surface area (Å²) < 4.78 is 4.89. The van der Waals surface area contributed by atoms with Gasteiger partial charge in [-0.1, -0.05) is 140 Å². The van der Waals surface area contributed by atoms with Gasteiger partial charge in [0, 0.05) is 44.0 Å². The highest BCUT2D eigenvalue weighted by molar-refractivity contribution is 6.19. The molecule has 0 saturated carbocycles. The second-order valence-electron chi connectivity index (χ2n) is 12.6. The van der Waals surface area contributed by atoms with E-state index >= 15 is 0 Å². The summed E-state index contributed by atoms with van der Waals surface area (Å²) in [7, 11) is 0. The maximum atomic E-state index is 2.46. The monoisotopic (exact) mass is 610 g/mol. The first-order chi connectivity index (χ1) is 23.8.